The van der Waals surface area contributed by atoms with Gasteiger partial charge in [-0.05, 0) is 36.2 Å². The number of halogens is 1. The Morgan fingerprint density at radius 3 is 2.89 bits per heavy atom. The van der Waals surface area contributed by atoms with E-state index in [1.54, 1.807) is 24.5 Å². The van der Waals surface area contributed by atoms with Crippen molar-refractivity contribution < 1.29 is 9.18 Å². The van der Waals surface area contributed by atoms with E-state index < -0.39 is 0 Å². The number of benzene rings is 1. The molecule has 19 heavy (non-hydrogen) atoms. The number of hydrogen-bond acceptors (Lipinski definition) is 2. The average Bonchev–Trinajstić information content (AvgIpc) is 2.82. The maximum atomic E-state index is 13.3. The fourth-order valence-electron chi connectivity index (χ4n) is 2.23. The largest absolute Gasteiger partial charge is 0.345 e. The highest BCUT2D eigenvalue weighted by atomic mass is 19.1. The molecule has 0 fully saturated rings. The molecule has 3 rings (SSSR count). The Bertz CT molecular complexity index is 777. The molecule has 4 heteroatoms. The molecule has 0 bridgehead atoms. The van der Waals surface area contributed by atoms with Crippen LogP contribution in [-0.4, -0.2) is 15.8 Å². The van der Waals surface area contributed by atoms with E-state index in [0.717, 1.165) is 16.5 Å². The summed E-state index contributed by atoms with van der Waals surface area (Å²) in [5.74, 6) is -0.348. The summed E-state index contributed by atoms with van der Waals surface area (Å²) in [4.78, 5) is 18.8. The Balaban J connectivity index is 2.35. The zero-order valence-electron chi connectivity index (χ0n) is 10.3. The number of aromatic amines is 1. The third-order valence-electron chi connectivity index (χ3n) is 3.09. The molecule has 0 aliphatic heterocycles. The van der Waals surface area contributed by atoms with Crippen molar-refractivity contribution in [3.8, 4) is 11.1 Å². The zero-order valence-corrected chi connectivity index (χ0v) is 10.3. The second kappa shape index (κ2) is 4.31. The van der Waals surface area contributed by atoms with Crippen LogP contribution in [0, 0.1) is 5.82 Å². The van der Waals surface area contributed by atoms with Gasteiger partial charge >= 0.3 is 0 Å². The van der Waals surface area contributed by atoms with Crippen molar-refractivity contribution in [1.29, 1.82) is 0 Å². The van der Waals surface area contributed by atoms with Crippen LogP contribution < -0.4 is 0 Å². The van der Waals surface area contributed by atoms with Gasteiger partial charge in [0.25, 0.3) is 0 Å². The lowest BCUT2D eigenvalue weighted by molar-refractivity contribution is 0.101. The molecular formula is C15H11FN2O. The lowest BCUT2D eigenvalue weighted by atomic mass is 10.00. The Labute approximate surface area is 109 Å². The molecule has 0 saturated carbocycles. The fourth-order valence-corrected chi connectivity index (χ4v) is 2.23. The van der Waals surface area contributed by atoms with Crippen LogP contribution in [0.25, 0.3) is 22.2 Å². The lowest BCUT2D eigenvalue weighted by Gasteiger charge is -2.05. The maximum absolute atomic E-state index is 13.3. The molecule has 0 saturated heterocycles. The van der Waals surface area contributed by atoms with Crippen molar-refractivity contribution in [3.63, 3.8) is 0 Å². The van der Waals surface area contributed by atoms with Gasteiger partial charge in [-0.1, -0.05) is 12.1 Å². The highest BCUT2D eigenvalue weighted by Crippen LogP contribution is 2.30. The van der Waals surface area contributed by atoms with Crippen LogP contribution in [0.2, 0.25) is 0 Å². The smallest absolute Gasteiger partial charge is 0.162 e. The highest BCUT2D eigenvalue weighted by Gasteiger charge is 2.14. The van der Waals surface area contributed by atoms with Crippen LogP contribution in [0.1, 0.15) is 17.3 Å². The Hall–Kier alpha value is -2.49. The number of Topliss-reactive ketones (excluding diaryl/α,β-unsaturated/α-hetero) is 1. The molecule has 0 unspecified atom stereocenters. The fraction of sp³-hybridized carbons (Fsp3) is 0.0667. The zero-order chi connectivity index (χ0) is 13.4. The number of nitrogens with zero attached hydrogens (tertiary/aromatic N) is 1. The quantitative estimate of drug-likeness (QED) is 0.710. The van der Waals surface area contributed by atoms with Crippen molar-refractivity contribution >= 4 is 16.8 Å². The van der Waals surface area contributed by atoms with Gasteiger partial charge in [-0.2, -0.15) is 0 Å². The van der Waals surface area contributed by atoms with E-state index in [4.69, 9.17) is 0 Å². The average molecular weight is 254 g/mol. The van der Waals surface area contributed by atoms with Crippen molar-refractivity contribution in [1.82, 2.24) is 9.97 Å². The molecule has 3 aromatic rings. The van der Waals surface area contributed by atoms with Crippen LogP contribution in [-0.2, 0) is 0 Å². The minimum absolute atomic E-state index is 0.0445. The number of carbonyl (C=O) groups is 1. The summed E-state index contributed by atoms with van der Waals surface area (Å²) in [6.07, 6.45) is 3.28. The van der Waals surface area contributed by atoms with Gasteiger partial charge in [-0.25, -0.2) is 9.37 Å². The number of carbonyl (C=O) groups excluding carboxylic acids is 1. The molecule has 0 spiro atoms. The van der Waals surface area contributed by atoms with E-state index in [-0.39, 0.29) is 11.6 Å². The lowest BCUT2D eigenvalue weighted by Crippen LogP contribution is -1.92. The van der Waals surface area contributed by atoms with E-state index in [1.807, 2.05) is 6.07 Å². The van der Waals surface area contributed by atoms with E-state index in [9.17, 15) is 9.18 Å². The van der Waals surface area contributed by atoms with Gasteiger partial charge < -0.3 is 4.98 Å². The van der Waals surface area contributed by atoms with E-state index >= 15 is 0 Å². The van der Waals surface area contributed by atoms with Crippen molar-refractivity contribution in [2.24, 2.45) is 0 Å². The van der Waals surface area contributed by atoms with Gasteiger partial charge in [0.05, 0.1) is 0 Å². The van der Waals surface area contributed by atoms with Crippen molar-refractivity contribution in [2.75, 3.05) is 0 Å². The summed E-state index contributed by atoms with van der Waals surface area (Å²) < 4.78 is 13.3. The number of ketones is 1. The molecular weight excluding hydrogens is 243 g/mol. The normalized spacial score (nSPS) is 10.8. The SMILES string of the molecule is CC(=O)c1c[nH]c2nccc(-c3cccc(F)c3)c12. The third kappa shape index (κ3) is 1.91. The monoisotopic (exact) mass is 254 g/mol. The molecule has 0 amide bonds. The molecule has 0 aliphatic carbocycles. The van der Waals surface area contributed by atoms with Crippen LogP contribution in [0.15, 0.2) is 42.7 Å². The number of nitrogens with one attached hydrogen (secondary N) is 1. The van der Waals surface area contributed by atoms with E-state index in [0.29, 0.717) is 11.2 Å². The molecule has 94 valence electrons. The summed E-state index contributed by atoms with van der Waals surface area (Å²) in [5.41, 5.74) is 2.74. The first-order valence-electron chi connectivity index (χ1n) is 5.90. The summed E-state index contributed by atoms with van der Waals surface area (Å²) >= 11 is 0. The number of aromatic nitrogens is 2. The van der Waals surface area contributed by atoms with Crippen LogP contribution in [0.5, 0.6) is 0 Å². The minimum atomic E-state index is -0.303. The van der Waals surface area contributed by atoms with E-state index in [2.05, 4.69) is 9.97 Å². The van der Waals surface area contributed by atoms with Crippen LogP contribution in [0.4, 0.5) is 4.39 Å². The highest BCUT2D eigenvalue weighted by molar-refractivity contribution is 6.11. The molecule has 0 aliphatic rings. The summed E-state index contributed by atoms with van der Waals surface area (Å²) in [5, 5.41) is 0.737. The molecule has 2 heterocycles. The second-order valence-corrected chi connectivity index (χ2v) is 4.35. The molecule has 3 nitrogen and oxygen atoms in total. The molecule has 2 aromatic heterocycles. The first kappa shape index (κ1) is 11.6. The second-order valence-electron chi connectivity index (χ2n) is 4.35. The first-order chi connectivity index (χ1) is 9.16. The number of hydrogen-bond donors (Lipinski definition) is 1. The summed E-state index contributed by atoms with van der Waals surface area (Å²) in [6, 6.07) is 8.10. The molecule has 0 atom stereocenters. The van der Waals surface area contributed by atoms with Crippen molar-refractivity contribution in [3.05, 3.63) is 54.1 Å². The van der Waals surface area contributed by atoms with Crippen LogP contribution >= 0.6 is 0 Å². The van der Waals surface area contributed by atoms with Gasteiger partial charge in [-0.15, -0.1) is 0 Å². The topological polar surface area (TPSA) is 45.8 Å². The number of rotatable bonds is 2. The Morgan fingerprint density at radius 1 is 1.32 bits per heavy atom. The Morgan fingerprint density at radius 2 is 2.16 bits per heavy atom. The van der Waals surface area contributed by atoms with Gasteiger partial charge in [-0.3, -0.25) is 4.79 Å². The number of H-pyrrole nitrogens is 1. The van der Waals surface area contributed by atoms with Gasteiger partial charge in [0.2, 0.25) is 0 Å². The number of fused-ring (bicyclic) bond motifs is 1. The van der Waals surface area contributed by atoms with Crippen molar-refractivity contribution in [2.45, 2.75) is 6.92 Å². The predicted molar refractivity (Wildman–Crippen MR) is 71.5 cm³/mol. The maximum Gasteiger partial charge on any atom is 0.162 e. The van der Waals surface area contributed by atoms with Crippen LogP contribution in [0.3, 0.4) is 0 Å². The van der Waals surface area contributed by atoms with Gasteiger partial charge in [0, 0.05) is 23.3 Å². The summed E-state index contributed by atoms with van der Waals surface area (Å²) in [6.45, 7) is 1.50. The first-order valence-corrected chi connectivity index (χ1v) is 5.90. The predicted octanol–water partition coefficient (Wildman–Crippen LogP) is 3.57. The molecule has 1 aromatic carbocycles. The standard InChI is InChI=1S/C15H11FN2O/c1-9(19)13-8-18-15-14(13)12(5-6-17-15)10-3-2-4-11(16)7-10/h2-8H,1H3,(H,17,18). The molecule has 1 N–H and O–H groups in total. The van der Waals surface area contributed by atoms with E-state index in [1.165, 1.54) is 19.1 Å². The van der Waals surface area contributed by atoms with Gasteiger partial charge in [0.15, 0.2) is 5.78 Å². The summed E-state index contributed by atoms with van der Waals surface area (Å²) in [7, 11) is 0. The number of pyridine rings is 1. The third-order valence-corrected chi connectivity index (χ3v) is 3.09. The molecule has 0 radical (unpaired) electrons. The minimum Gasteiger partial charge on any atom is -0.345 e. The van der Waals surface area contributed by atoms with Gasteiger partial charge in [0.1, 0.15) is 11.5 Å². The Kier molecular flexibility index (Phi) is 2.63.